The summed E-state index contributed by atoms with van der Waals surface area (Å²) in [6.45, 7) is 5.79. The van der Waals surface area contributed by atoms with Crippen LogP contribution in [0.3, 0.4) is 0 Å². The van der Waals surface area contributed by atoms with Crippen molar-refractivity contribution in [2.75, 3.05) is 5.32 Å². The first kappa shape index (κ1) is 14.8. The first-order valence-electron chi connectivity index (χ1n) is 6.59. The molecule has 0 aromatic heterocycles. The number of benzene rings is 2. The fraction of sp³-hybridized carbons (Fsp3) is 0.176. The summed E-state index contributed by atoms with van der Waals surface area (Å²) < 4.78 is 0. The van der Waals surface area contributed by atoms with Crippen LogP contribution >= 0.6 is 0 Å². The summed E-state index contributed by atoms with van der Waals surface area (Å²) in [4.78, 5) is 23.4. The van der Waals surface area contributed by atoms with E-state index in [-0.39, 0.29) is 11.1 Å². The average Bonchev–Trinajstić information content (AvgIpc) is 2.42. The van der Waals surface area contributed by atoms with Crippen LogP contribution < -0.4 is 10.4 Å². The van der Waals surface area contributed by atoms with E-state index in [1.165, 1.54) is 12.1 Å². The van der Waals surface area contributed by atoms with Crippen LogP contribution in [0.1, 0.15) is 37.4 Å². The highest BCUT2D eigenvalue weighted by molar-refractivity contribution is 6.10. The maximum Gasteiger partial charge on any atom is 0.256 e. The van der Waals surface area contributed by atoms with E-state index in [0.29, 0.717) is 5.69 Å². The molecule has 0 saturated carbocycles. The molecule has 1 amide bonds. The van der Waals surface area contributed by atoms with Gasteiger partial charge < -0.3 is 15.2 Å². The number of aryl methyl sites for hydroxylation is 3. The van der Waals surface area contributed by atoms with Gasteiger partial charge in [-0.05, 0) is 38.0 Å². The second-order valence-corrected chi connectivity index (χ2v) is 5.06. The number of carboxylic acids is 1. The first-order valence-corrected chi connectivity index (χ1v) is 6.59. The highest BCUT2D eigenvalue weighted by atomic mass is 16.4. The van der Waals surface area contributed by atoms with Crippen LogP contribution in [-0.2, 0) is 0 Å². The van der Waals surface area contributed by atoms with Crippen LogP contribution in [0.4, 0.5) is 5.69 Å². The lowest BCUT2D eigenvalue weighted by Crippen LogP contribution is -2.26. The van der Waals surface area contributed by atoms with Crippen molar-refractivity contribution in [3.05, 3.63) is 64.2 Å². The molecule has 4 heteroatoms. The van der Waals surface area contributed by atoms with Gasteiger partial charge in [0.2, 0.25) is 0 Å². The van der Waals surface area contributed by atoms with Crippen LogP contribution in [0, 0.1) is 20.8 Å². The van der Waals surface area contributed by atoms with Gasteiger partial charge in [-0.2, -0.15) is 0 Å². The number of hydrogen-bond donors (Lipinski definition) is 1. The quantitative estimate of drug-likeness (QED) is 0.938. The molecule has 0 saturated heterocycles. The van der Waals surface area contributed by atoms with Gasteiger partial charge in [0.15, 0.2) is 0 Å². The lowest BCUT2D eigenvalue weighted by atomic mass is 10.0. The molecule has 2 aromatic rings. The van der Waals surface area contributed by atoms with Gasteiger partial charge in [-0.1, -0.05) is 35.9 Å². The molecule has 108 valence electrons. The molecular weight excluding hydrogens is 266 g/mol. The standard InChI is InChI=1S/C17H17NO3/c1-10-8-11(2)15(12(3)9-10)18-16(19)13-6-4-5-7-14(13)17(20)21/h4-9H,1-3H3,(H,18,19)(H,20,21)/p-1. The molecule has 21 heavy (non-hydrogen) atoms. The molecule has 0 unspecified atom stereocenters. The van der Waals surface area contributed by atoms with Crippen LogP contribution in [0.2, 0.25) is 0 Å². The van der Waals surface area contributed by atoms with Crippen molar-refractivity contribution in [2.24, 2.45) is 0 Å². The van der Waals surface area contributed by atoms with Crippen molar-refractivity contribution in [1.82, 2.24) is 0 Å². The number of amides is 1. The lowest BCUT2D eigenvalue weighted by Gasteiger charge is -2.15. The number of rotatable bonds is 3. The molecule has 0 radical (unpaired) electrons. The van der Waals surface area contributed by atoms with Gasteiger partial charge in [-0.25, -0.2) is 0 Å². The maximum atomic E-state index is 12.3. The van der Waals surface area contributed by atoms with Crippen LogP contribution in [0.5, 0.6) is 0 Å². The number of carboxylic acid groups (broad SMARTS) is 1. The normalized spacial score (nSPS) is 10.2. The zero-order valence-electron chi connectivity index (χ0n) is 12.2. The Balaban J connectivity index is 2.38. The SMILES string of the molecule is Cc1cc(C)c(NC(=O)c2ccccc2C(=O)[O-])c(C)c1. The molecular formula is C17H16NO3-. The number of nitrogens with one attached hydrogen (secondary N) is 1. The van der Waals surface area contributed by atoms with Gasteiger partial charge in [0.1, 0.15) is 0 Å². The Morgan fingerprint density at radius 3 is 2.00 bits per heavy atom. The van der Waals surface area contributed by atoms with Gasteiger partial charge in [0, 0.05) is 16.8 Å². The Labute approximate surface area is 123 Å². The molecule has 0 spiro atoms. The van der Waals surface area contributed by atoms with E-state index in [1.54, 1.807) is 12.1 Å². The van der Waals surface area contributed by atoms with Gasteiger partial charge >= 0.3 is 0 Å². The summed E-state index contributed by atoms with van der Waals surface area (Å²) in [6.07, 6.45) is 0. The third-order valence-electron chi connectivity index (χ3n) is 3.31. The molecule has 0 aliphatic carbocycles. The van der Waals surface area contributed by atoms with Crippen molar-refractivity contribution < 1.29 is 14.7 Å². The van der Waals surface area contributed by atoms with E-state index < -0.39 is 11.9 Å². The second-order valence-electron chi connectivity index (χ2n) is 5.06. The lowest BCUT2D eigenvalue weighted by molar-refractivity contribution is -0.255. The molecule has 0 heterocycles. The van der Waals surface area contributed by atoms with Gasteiger partial charge in [0.05, 0.1) is 5.97 Å². The third-order valence-corrected chi connectivity index (χ3v) is 3.31. The van der Waals surface area contributed by atoms with E-state index in [4.69, 9.17) is 0 Å². The van der Waals surface area contributed by atoms with E-state index in [2.05, 4.69) is 5.32 Å². The maximum absolute atomic E-state index is 12.3. The summed E-state index contributed by atoms with van der Waals surface area (Å²) in [6, 6.07) is 9.94. The molecule has 2 rings (SSSR count). The zero-order valence-corrected chi connectivity index (χ0v) is 12.2. The molecule has 0 aliphatic rings. The van der Waals surface area contributed by atoms with Crippen molar-refractivity contribution >= 4 is 17.6 Å². The molecule has 0 fully saturated rings. The minimum Gasteiger partial charge on any atom is -0.545 e. The molecule has 4 nitrogen and oxygen atoms in total. The van der Waals surface area contributed by atoms with Gasteiger partial charge in [0.25, 0.3) is 5.91 Å². The van der Waals surface area contributed by atoms with E-state index in [1.807, 2.05) is 32.9 Å². The molecule has 0 bridgehead atoms. The average molecular weight is 282 g/mol. The fourth-order valence-corrected chi connectivity index (χ4v) is 2.42. The smallest absolute Gasteiger partial charge is 0.256 e. The summed E-state index contributed by atoms with van der Waals surface area (Å²) in [7, 11) is 0. The Morgan fingerprint density at radius 1 is 0.952 bits per heavy atom. The Kier molecular flexibility index (Phi) is 4.08. The van der Waals surface area contributed by atoms with Gasteiger partial charge in [-0.3, -0.25) is 4.79 Å². The van der Waals surface area contributed by atoms with Gasteiger partial charge in [-0.15, -0.1) is 0 Å². The highest BCUT2D eigenvalue weighted by Gasteiger charge is 2.14. The van der Waals surface area contributed by atoms with E-state index in [9.17, 15) is 14.7 Å². The summed E-state index contributed by atoms with van der Waals surface area (Å²) in [5.41, 5.74) is 3.67. The molecule has 0 aliphatic heterocycles. The fourth-order valence-electron chi connectivity index (χ4n) is 2.42. The predicted octanol–water partition coefficient (Wildman–Crippen LogP) is 2.23. The van der Waals surface area contributed by atoms with Crippen LogP contribution in [0.25, 0.3) is 0 Å². The van der Waals surface area contributed by atoms with Crippen LogP contribution in [-0.4, -0.2) is 11.9 Å². The monoisotopic (exact) mass is 282 g/mol. The molecule has 1 N–H and O–H groups in total. The highest BCUT2D eigenvalue weighted by Crippen LogP contribution is 2.23. The molecule has 2 aromatic carbocycles. The molecule has 0 atom stereocenters. The number of carbonyl (C=O) groups excluding carboxylic acids is 2. The zero-order chi connectivity index (χ0) is 15.6. The topological polar surface area (TPSA) is 69.2 Å². The van der Waals surface area contributed by atoms with E-state index >= 15 is 0 Å². The van der Waals surface area contributed by atoms with Crippen molar-refractivity contribution in [2.45, 2.75) is 20.8 Å². The second kappa shape index (κ2) is 5.79. The number of aromatic carboxylic acids is 1. The van der Waals surface area contributed by atoms with Crippen LogP contribution in [0.15, 0.2) is 36.4 Å². The summed E-state index contributed by atoms with van der Waals surface area (Å²) in [5, 5.41) is 13.9. The largest absolute Gasteiger partial charge is 0.545 e. The van der Waals surface area contributed by atoms with Crippen molar-refractivity contribution in [1.29, 1.82) is 0 Å². The van der Waals surface area contributed by atoms with Crippen molar-refractivity contribution in [3.63, 3.8) is 0 Å². The number of anilines is 1. The number of hydrogen-bond acceptors (Lipinski definition) is 3. The first-order chi connectivity index (χ1) is 9.90. The van der Waals surface area contributed by atoms with E-state index in [0.717, 1.165) is 16.7 Å². The predicted molar refractivity (Wildman–Crippen MR) is 79.4 cm³/mol. The Hall–Kier alpha value is -2.62. The summed E-state index contributed by atoms with van der Waals surface area (Å²) in [5.74, 6) is -1.82. The third kappa shape index (κ3) is 3.11. The van der Waals surface area contributed by atoms with Crippen molar-refractivity contribution in [3.8, 4) is 0 Å². The number of carbonyl (C=O) groups is 2. The minimum atomic E-state index is -1.36. The Morgan fingerprint density at radius 2 is 1.48 bits per heavy atom. The Bertz CT molecular complexity index is 697. The minimum absolute atomic E-state index is 0.0943. The summed E-state index contributed by atoms with van der Waals surface area (Å²) >= 11 is 0.